The lowest BCUT2D eigenvalue weighted by Crippen LogP contribution is -2.35. The third-order valence-corrected chi connectivity index (χ3v) is 7.02. The minimum Gasteiger partial charge on any atom is -0.326 e. The van der Waals surface area contributed by atoms with E-state index < -0.39 is 11.2 Å². The summed E-state index contributed by atoms with van der Waals surface area (Å²) in [6, 6.07) is 8.63. The molecule has 8 nitrogen and oxygen atoms in total. The SMILES string of the molecule is CC(=O)Nc1cc(-c2cnn(C)c2)cc(F)c1-c1cc(N2CC[C@@](C#N)(C3CC3)C2=O)cc(Br)n1. The maximum atomic E-state index is 15.6. The first kappa shape index (κ1) is 23.2. The van der Waals surface area contributed by atoms with Crippen molar-refractivity contribution in [2.75, 3.05) is 16.8 Å². The first-order valence-electron chi connectivity index (χ1n) is 11.2. The molecule has 0 radical (unpaired) electrons. The van der Waals surface area contributed by atoms with E-state index in [2.05, 4.69) is 37.4 Å². The Hall–Kier alpha value is -3.58. The zero-order chi connectivity index (χ0) is 24.9. The molecule has 1 atom stereocenters. The number of hydrogen-bond donors (Lipinski definition) is 1. The Balaban J connectivity index is 1.59. The molecule has 2 fully saturated rings. The van der Waals surface area contributed by atoms with Crippen molar-refractivity contribution in [1.29, 1.82) is 5.26 Å². The smallest absolute Gasteiger partial charge is 0.247 e. The Labute approximate surface area is 209 Å². The number of nitrogens with one attached hydrogen (secondary N) is 1. The lowest BCUT2D eigenvalue weighted by molar-refractivity contribution is -0.123. The van der Waals surface area contributed by atoms with Crippen molar-refractivity contribution in [1.82, 2.24) is 14.8 Å². The molecule has 1 N–H and O–H groups in total. The van der Waals surface area contributed by atoms with E-state index >= 15 is 4.39 Å². The molecule has 3 heterocycles. The molecule has 0 bridgehead atoms. The largest absolute Gasteiger partial charge is 0.326 e. The second-order valence-corrected chi connectivity index (χ2v) is 9.87. The Morgan fingerprint density at radius 2 is 2.06 bits per heavy atom. The van der Waals surface area contributed by atoms with Crippen LogP contribution in [0.15, 0.2) is 41.3 Å². The Morgan fingerprint density at radius 3 is 2.69 bits per heavy atom. The highest BCUT2D eigenvalue weighted by Crippen LogP contribution is 2.52. The molecule has 5 rings (SSSR count). The molecular weight excluding hydrogens is 515 g/mol. The van der Waals surface area contributed by atoms with Crippen molar-refractivity contribution >= 4 is 39.1 Å². The van der Waals surface area contributed by atoms with Crippen molar-refractivity contribution in [3.63, 3.8) is 0 Å². The van der Waals surface area contributed by atoms with E-state index in [4.69, 9.17) is 0 Å². The zero-order valence-corrected chi connectivity index (χ0v) is 20.8. The maximum Gasteiger partial charge on any atom is 0.247 e. The van der Waals surface area contributed by atoms with Crippen LogP contribution < -0.4 is 10.2 Å². The number of carbonyl (C=O) groups excluding carboxylic acids is 2. The number of aryl methyl sites for hydroxylation is 1. The first-order chi connectivity index (χ1) is 16.7. The number of amides is 2. The van der Waals surface area contributed by atoms with E-state index in [9.17, 15) is 14.9 Å². The summed E-state index contributed by atoms with van der Waals surface area (Å²) in [6.07, 6.45) is 5.59. The first-order valence-corrected chi connectivity index (χ1v) is 12.0. The van der Waals surface area contributed by atoms with Gasteiger partial charge in [-0.15, -0.1) is 0 Å². The van der Waals surface area contributed by atoms with Crippen LogP contribution in [0, 0.1) is 28.5 Å². The van der Waals surface area contributed by atoms with Gasteiger partial charge in [0.15, 0.2) is 0 Å². The van der Waals surface area contributed by atoms with Crippen LogP contribution in [0.25, 0.3) is 22.4 Å². The normalized spacial score (nSPS) is 19.6. The number of halogens is 2. The molecule has 0 unspecified atom stereocenters. The van der Waals surface area contributed by atoms with Crippen LogP contribution in [-0.2, 0) is 16.6 Å². The average molecular weight is 537 g/mol. The number of hydrogen-bond acceptors (Lipinski definition) is 5. The lowest BCUT2D eigenvalue weighted by Gasteiger charge is -2.22. The molecule has 1 aliphatic heterocycles. The van der Waals surface area contributed by atoms with Gasteiger partial charge in [0.1, 0.15) is 15.8 Å². The molecule has 2 aliphatic rings. The number of rotatable bonds is 5. The van der Waals surface area contributed by atoms with Gasteiger partial charge < -0.3 is 10.2 Å². The van der Waals surface area contributed by atoms with Gasteiger partial charge in [-0.1, -0.05) is 0 Å². The van der Waals surface area contributed by atoms with Crippen molar-refractivity contribution in [2.45, 2.75) is 26.2 Å². The van der Waals surface area contributed by atoms with E-state index in [0.29, 0.717) is 34.4 Å². The van der Waals surface area contributed by atoms with E-state index in [1.807, 2.05) is 0 Å². The minimum absolute atomic E-state index is 0.0959. The summed E-state index contributed by atoms with van der Waals surface area (Å²) in [5.74, 6) is -1.06. The maximum absolute atomic E-state index is 15.6. The molecule has 2 amide bonds. The number of carbonyl (C=O) groups is 2. The molecule has 178 valence electrons. The number of benzene rings is 1. The molecule has 1 saturated carbocycles. The predicted octanol–water partition coefficient (Wildman–Crippen LogP) is 4.67. The fourth-order valence-corrected chi connectivity index (χ4v) is 5.22. The van der Waals surface area contributed by atoms with E-state index in [0.717, 1.165) is 12.8 Å². The van der Waals surface area contributed by atoms with Crippen molar-refractivity contribution in [3.05, 3.63) is 47.1 Å². The fraction of sp³-hybridized carbons (Fsp3) is 0.320. The van der Waals surface area contributed by atoms with Gasteiger partial charge in [-0.05, 0) is 70.9 Å². The van der Waals surface area contributed by atoms with Crippen LogP contribution in [0.5, 0.6) is 0 Å². The molecule has 2 aromatic heterocycles. The zero-order valence-electron chi connectivity index (χ0n) is 19.2. The summed E-state index contributed by atoms with van der Waals surface area (Å²) in [5, 5.41) is 16.7. The van der Waals surface area contributed by atoms with Gasteiger partial charge in [-0.3, -0.25) is 14.3 Å². The molecule has 0 spiro atoms. The topological polar surface area (TPSA) is 104 Å². The summed E-state index contributed by atoms with van der Waals surface area (Å²) < 4.78 is 17.6. The molecular formula is C25H22BrFN6O2. The second-order valence-electron chi connectivity index (χ2n) is 9.06. The van der Waals surface area contributed by atoms with Crippen LogP contribution in [0.1, 0.15) is 26.2 Å². The summed E-state index contributed by atoms with van der Waals surface area (Å²) >= 11 is 3.38. The predicted molar refractivity (Wildman–Crippen MR) is 132 cm³/mol. The van der Waals surface area contributed by atoms with Crippen LogP contribution in [-0.4, -0.2) is 33.1 Å². The Kier molecular flexibility index (Phi) is 5.68. The summed E-state index contributed by atoms with van der Waals surface area (Å²) in [7, 11) is 1.76. The molecule has 35 heavy (non-hydrogen) atoms. The van der Waals surface area contributed by atoms with Crippen molar-refractivity contribution in [2.24, 2.45) is 18.4 Å². The lowest BCUT2D eigenvalue weighted by atomic mass is 9.83. The molecule has 10 heteroatoms. The van der Waals surface area contributed by atoms with Crippen molar-refractivity contribution < 1.29 is 14.0 Å². The molecule has 3 aromatic rings. The number of aromatic nitrogens is 3. The fourth-order valence-electron chi connectivity index (χ4n) is 4.79. The van der Waals surface area contributed by atoms with E-state index in [1.165, 1.54) is 13.0 Å². The highest BCUT2D eigenvalue weighted by atomic mass is 79.9. The standard InChI is InChI=1S/C25H22BrFN6O2/c1-14(34)30-20-8-15(16-11-29-32(2)12-16)7-19(27)23(20)21-9-18(10-22(26)31-21)33-6-5-25(13-28,24(33)35)17-3-4-17/h7-12,17H,3-6H2,1-2H3,(H,30,34)/t25-/m1/s1. The molecule has 1 saturated heterocycles. The van der Waals surface area contributed by atoms with Gasteiger partial charge in [0.2, 0.25) is 11.8 Å². The second kappa shape index (κ2) is 8.57. The van der Waals surface area contributed by atoms with E-state index in [-0.39, 0.29) is 34.7 Å². The Morgan fingerprint density at radius 1 is 1.29 bits per heavy atom. The average Bonchev–Trinajstić information content (AvgIpc) is 3.47. The van der Waals surface area contributed by atoms with Gasteiger partial charge in [0, 0.05) is 38.0 Å². The van der Waals surface area contributed by atoms with Crippen LogP contribution >= 0.6 is 15.9 Å². The summed E-state index contributed by atoms with van der Waals surface area (Å²) in [6.45, 7) is 1.75. The summed E-state index contributed by atoms with van der Waals surface area (Å²) in [4.78, 5) is 31.3. The van der Waals surface area contributed by atoms with Gasteiger partial charge in [-0.25, -0.2) is 9.37 Å². The molecule has 1 aromatic carbocycles. The highest BCUT2D eigenvalue weighted by molar-refractivity contribution is 9.10. The van der Waals surface area contributed by atoms with Crippen LogP contribution in [0.4, 0.5) is 15.8 Å². The molecule has 1 aliphatic carbocycles. The third kappa shape index (κ3) is 4.10. The summed E-state index contributed by atoms with van der Waals surface area (Å²) in [5.41, 5.74) is 1.39. The minimum atomic E-state index is -0.992. The Bertz CT molecular complexity index is 1410. The van der Waals surface area contributed by atoms with Gasteiger partial charge in [0.05, 0.1) is 29.2 Å². The number of pyridine rings is 1. The number of nitrogens with zero attached hydrogens (tertiary/aromatic N) is 5. The van der Waals surface area contributed by atoms with Crippen LogP contribution in [0.3, 0.4) is 0 Å². The third-order valence-electron chi connectivity index (χ3n) is 6.62. The van der Waals surface area contributed by atoms with Gasteiger partial charge >= 0.3 is 0 Å². The quantitative estimate of drug-likeness (QED) is 0.477. The van der Waals surface area contributed by atoms with Crippen LogP contribution in [0.2, 0.25) is 0 Å². The number of anilines is 2. The highest BCUT2D eigenvalue weighted by Gasteiger charge is 2.56. The van der Waals surface area contributed by atoms with E-state index in [1.54, 1.807) is 47.2 Å². The van der Waals surface area contributed by atoms with Gasteiger partial charge in [-0.2, -0.15) is 10.4 Å². The van der Waals surface area contributed by atoms with Crippen molar-refractivity contribution in [3.8, 4) is 28.5 Å². The van der Waals surface area contributed by atoms with Gasteiger partial charge in [0.25, 0.3) is 0 Å². The number of nitriles is 1. The monoisotopic (exact) mass is 536 g/mol.